The zero-order valence-electron chi connectivity index (χ0n) is 10.2. The second-order valence-corrected chi connectivity index (χ2v) is 4.66. The lowest BCUT2D eigenvalue weighted by Gasteiger charge is -2.20. The van der Waals surface area contributed by atoms with Crippen LogP contribution in [0.5, 0.6) is 0 Å². The fourth-order valence-corrected chi connectivity index (χ4v) is 1.57. The summed E-state index contributed by atoms with van der Waals surface area (Å²) in [4.78, 5) is 22.8. The van der Waals surface area contributed by atoms with Crippen molar-refractivity contribution < 1.29 is 9.59 Å². The number of nitrogens with two attached hydrogens (primary N) is 1. The number of halogens is 1. The molecule has 98 valence electrons. The van der Waals surface area contributed by atoms with Gasteiger partial charge in [0.05, 0.1) is 0 Å². The fourth-order valence-electron chi connectivity index (χ4n) is 1.44. The van der Waals surface area contributed by atoms with E-state index in [0.717, 1.165) is 0 Å². The normalized spacial score (nSPS) is 12.0. The van der Waals surface area contributed by atoms with Crippen molar-refractivity contribution in [1.29, 1.82) is 0 Å². The zero-order valence-corrected chi connectivity index (χ0v) is 11.0. The van der Waals surface area contributed by atoms with Gasteiger partial charge in [-0.15, -0.1) is 0 Å². The first-order valence-electron chi connectivity index (χ1n) is 5.52. The third kappa shape index (κ3) is 4.25. The SMILES string of the molecule is CC(C)[C@@H](NC(N)=O)C(=O)Nc1ccc(Cl)cc1. The number of hydrogen-bond donors (Lipinski definition) is 3. The molecule has 3 amide bonds. The molecule has 6 heteroatoms. The van der Waals surface area contributed by atoms with Gasteiger partial charge in [0.15, 0.2) is 0 Å². The Morgan fingerprint density at radius 3 is 2.22 bits per heavy atom. The number of carbonyl (C=O) groups excluding carboxylic acids is 2. The first kappa shape index (κ1) is 14.3. The fraction of sp³-hybridized carbons (Fsp3) is 0.333. The van der Waals surface area contributed by atoms with Gasteiger partial charge < -0.3 is 16.4 Å². The highest BCUT2D eigenvalue weighted by Gasteiger charge is 2.23. The first-order valence-corrected chi connectivity index (χ1v) is 5.90. The minimum atomic E-state index is -0.722. The minimum Gasteiger partial charge on any atom is -0.352 e. The summed E-state index contributed by atoms with van der Waals surface area (Å²) in [6, 6.07) is 5.31. The Balaban J connectivity index is 2.72. The molecule has 1 aromatic carbocycles. The summed E-state index contributed by atoms with van der Waals surface area (Å²) >= 11 is 5.74. The van der Waals surface area contributed by atoms with E-state index in [9.17, 15) is 9.59 Å². The van der Waals surface area contributed by atoms with Crippen LogP contribution in [0, 0.1) is 5.92 Å². The van der Waals surface area contributed by atoms with Gasteiger partial charge in [0, 0.05) is 10.7 Å². The zero-order chi connectivity index (χ0) is 13.7. The minimum absolute atomic E-state index is 0.0650. The molecular weight excluding hydrogens is 254 g/mol. The van der Waals surface area contributed by atoms with Gasteiger partial charge in [-0.2, -0.15) is 0 Å². The Labute approximate surface area is 111 Å². The molecule has 0 unspecified atom stereocenters. The van der Waals surface area contributed by atoms with E-state index in [1.165, 1.54) is 0 Å². The average Bonchev–Trinajstić information content (AvgIpc) is 2.28. The third-order valence-corrected chi connectivity index (χ3v) is 2.61. The monoisotopic (exact) mass is 269 g/mol. The van der Waals surface area contributed by atoms with Crippen LogP contribution < -0.4 is 16.4 Å². The molecule has 1 aromatic rings. The highest BCUT2D eigenvalue weighted by Crippen LogP contribution is 2.14. The Morgan fingerprint density at radius 1 is 1.22 bits per heavy atom. The first-order chi connectivity index (χ1) is 8.40. The van der Waals surface area contributed by atoms with E-state index in [4.69, 9.17) is 17.3 Å². The van der Waals surface area contributed by atoms with E-state index in [0.29, 0.717) is 10.7 Å². The molecule has 0 aliphatic heterocycles. The number of hydrogen-bond acceptors (Lipinski definition) is 2. The lowest BCUT2D eigenvalue weighted by molar-refractivity contribution is -0.118. The van der Waals surface area contributed by atoms with E-state index < -0.39 is 12.1 Å². The molecule has 0 spiro atoms. The summed E-state index contributed by atoms with van der Waals surface area (Å²) in [6.45, 7) is 3.64. The summed E-state index contributed by atoms with van der Waals surface area (Å²) in [5, 5.41) is 5.69. The Hall–Kier alpha value is -1.75. The molecule has 0 aliphatic rings. The van der Waals surface area contributed by atoms with Crippen LogP contribution in [0.25, 0.3) is 0 Å². The van der Waals surface area contributed by atoms with E-state index in [2.05, 4.69) is 10.6 Å². The molecule has 0 heterocycles. The van der Waals surface area contributed by atoms with Gasteiger partial charge >= 0.3 is 6.03 Å². The van der Waals surface area contributed by atoms with Crippen LogP contribution in [-0.4, -0.2) is 18.0 Å². The lowest BCUT2D eigenvalue weighted by Crippen LogP contribution is -2.49. The molecule has 0 bridgehead atoms. The highest BCUT2D eigenvalue weighted by molar-refractivity contribution is 6.30. The van der Waals surface area contributed by atoms with E-state index >= 15 is 0 Å². The molecule has 0 aliphatic carbocycles. The molecule has 0 aromatic heterocycles. The predicted octanol–water partition coefficient (Wildman–Crippen LogP) is 1.97. The molecule has 18 heavy (non-hydrogen) atoms. The van der Waals surface area contributed by atoms with Gasteiger partial charge in [-0.25, -0.2) is 4.79 Å². The van der Waals surface area contributed by atoms with Crippen LogP contribution in [0.2, 0.25) is 5.02 Å². The summed E-state index contributed by atoms with van der Waals surface area (Å²) in [5.74, 6) is -0.379. The second-order valence-electron chi connectivity index (χ2n) is 4.23. The van der Waals surface area contributed by atoms with Crippen molar-refractivity contribution >= 4 is 29.2 Å². The van der Waals surface area contributed by atoms with Crippen LogP contribution in [-0.2, 0) is 4.79 Å². The third-order valence-electron chi connectivity index (χ3n) is 2.36. The summed E-state index contributed by atoms with van der Waals surface area (Å²) in [5.41, 5.74) is 5.65. The number of nitrogens with one attached hydrogen (secondary N) is 2. The topological polar surface area (TPSA) is 84.2 Å². The van der Waals surface area contributed by atoms with Crippen molar-refractivity contribution in [2.45, 2.75) is 19.9 Å². The second kappa shape index (κ2) is 6.26. The van der Waals surface area contributed by atoms with Crippen molar-refractivity contribution in [2.75, 3.05) is 5.32 Å². The predicted molar refractivity (Wildman–Crippen MR) is 71.4 cm³/mol. The van der Waals surface area contributed by atoms with Crippen LogP contribution >= 0.6 is 11.6 Å². The van der Waals surface area contributed by atoms with Crippen molar-refractivity contribution in [3.63, 3.8) is 0 Å². The highest BCUT2D eigenvalue weighted by atomic mass is 35.5. The lowest BCUT2D eigenvalue weighted by atomic mass is 10.0. The van der Waals surface area contributed by atoms with Crippen LogP contribution in [0.3, 0.4) is 0 Å². The smallest absolute Gasteiger partial charge is 0.312 e. The van der Waals surface area contributed by atoms with Crippen LogP contribution in [0.15, 0.2) is 24.3 Å². The molecule has 0 radical (unpaired) electrons. The molecule has 4 N–H and O–H groups in total. The van der Waals surface area contributed by atoms with Gasteiger partial charge in [-0.05, 0) is 30.2 Å². The number of benzene rings is 1. The number of primary amides is 1. The average molecular weight is 270 g/mol. The number of anilines is 1. The maximum absolute atomic E-state index is 12.0. The van der Waals surface area contributed by atoms with Crippen molar-refractivity contribution in [3.8, 4) is 0 Å². The van der Waals surface area contributed by atoms with Crippen molar-refractivity contribution in [3.05, 3.63) is 29.3 Å². The largest absolute Gasteiger partial charge is 0.352 e. The molecule has 1 atom stereocenters. The maximum Gasteiger partial charge on any atom is 0.312 e. The molecule has 0 fully saturated rings. The van der Waals surface area contributed by atoms with Gasteiger partial charge in [0.2, 0.25) is 5.91 Å². The molecule has 1 rings (SSSR count). The van der Waals surface area contributed by atoms with Gasteiger partial charge in [0.25, 0.3) is 0 Å². The Morgan fingerprint density at radius 2 is 1.78 bits per heavy atom. The number of amides is 3. The van der Waals surface area contributed by atoms with Crippen molar-refractivity contribution in [1.82, 2.24) is 5.32 Å². The number of rotatable bonds is 4. The molecule has 5 nitrogen and oxygen atoms in total. The summed E-state index contributed by atoms with van der Waals surface area (Å²) in [7, 11) is 0. The van der Waals surface area contributed by atoms with E-state index in [-0.39, 0.29) is 11.8 Å². The van der Waals surface area contributed by atoms with Gasteiger partial charge in [-0.1, -0.05) is 25.4 Å². The Bertz CT molecular complexity index is 431. The number of carbonyl (C=O) groups is 2. The molecule has 0 saturated heterocycles. The maximum atomic E-state index is 12.0. The molecular formula is C12H16ClN3O2. The van der Waals surface area contributed by atoms with Crippen LogP contribution in [0.1, 0.15) is 13.8 Å². The van der Waals surface area contributed by atoms with Crippen LogP contribution in [0.4, 0.5) is 10.5 Å². The Kier molecular flexibility index (Phi) is 4.97. The summed E-state index contributed by atoms with van der Waals surface area (Å²) < 4.78 is 0. The summed E-state index contributed by atoms with van der Waals surface area (Å²) in [6.07, 6.45) is 0. The molecule has 0 saturated carbocycles. The van der Waals surface area contributed by atoms with E-state index in [1.807, 2.05) is 13.8 Å². The quantitative estimate of drug-likeness (QED) is 0.781. The number of urea groups is 1. The van der Waals surface area contributed by atoms with Crippen molar-refractivity contribution in [2.24, 2.45) is 11.7 Å². The standard InChI is InChI=1S/C12H16ClN3O2/c1-7(2)10(16-12(14)18)11(17)15-9-5-3-8(13)4-6-9/h3-7,10H,1-2H3,(H,15,17)(H3,14,16,18)/t10-/m1/s1. The van der Waals surface area contributed by atoms with Gasteiger partial charge in [-0.3, -0.25) is 4.79 Å². The van der Waals surface area contributed by atoms with E-state index in [1.54, 1.807) is 24.3 Å². The van der Waals surface area contributed by atoms with Gasteiger partial charge in [0.1, 0.15) is 6.04 Å².